The van der Waals surface area contributed by atoms with Crippen molar-refractivity contribution in [3.05, 3.63) is 23.3 Å². The second kappa shape index (κ2) is 4.40. The van der Waals surface area contributed by atoms with Crippen LogP contribution in [0.3, 0.4) is 0 Å². The predicted molar refractivity (Wildman–Crippen MR) is 100 cm³/mol. The summed E-state index contributed by atoms with van der Waals surface area (Å²) in [7, 11) is 0. The minimum Gasteiger partial charge on any atom is -0.384 e. The van der Waals surface area contributed by atoms with E-state index in [1.807, 2.05) is 0 Å². The SMILES string of the molecule is CC1(C)C=C(C(O)C2=CC(C)(C)C3CC2C3(C)C)C2CC1C2(C)C. The van der Waals surface area contributed by atoms with Crippen LogP contribution in [0, 0.1) is 45.3 Å². The summed E-state index contributed by atoms with van der Waals surface area (Å²) in [6.45, 7) is 19.1. The minimum atomic E-state index is -0.361. The third-order valence-corrected chi connectivity index (χ3v) is 8.85. The Morgan fingerprint density at radius 1 is 0.750 bits per heavy atom. The molecule has 0 radical (unpaired) electrons. The van der Waals surface area contributed by atoms with E-state index in [0.717, 1.165) is 11.8 Å². The van der Waals surface area contributed by atoms with E-state index in [9.17, 15) is 5.11 Å². The molecule has 24 heavy (non-hydrogen) atoms. The molecular weight excluding hydrogens is 292 g/mol. The van der Waals surface area contributed by atoms with Gasteiger partial charge in [0.15, 0.2) is 0 Å². The van der Waals surface area contributed by atoms with Crippen molar-refractivity contribution >= 4 is 0 Å². The molecule has 0 aromatic heterocycles. The van der Waals surface area contributed by atoms with Gasteiger partial charge < -0.3 is 5.11 Å². The monoisotopic (exact) mass is 328 g/mol. The van der Waals surface area contributed by atoms with E-state index in [4.69, 9.17) is 0 Å². The number of aliphatic hydroxyl groups is 1. The lowest BCUT2D eigenvalue weighted by molar-refractivity contribution is -0.0947. The highest BCUT2D eigenvalue weighted by molar-refractivity contribution is 5.41. The van der Waals surface area contributed by atoms with Crippen LogP contribution in [-0.4, -0.2) is 11.2 Å². The van der Waals surface area contributed by atoms with Gasteiger partial charge in [0.05, 0.1) is 6.10 Å². The fourth-order valence-electron chi connectivity index (χ4n) is 7.50. The van der Waals surface area contributed by atoms with Gasteiger partial charge in [0.25, 0.3) is 0 Å². The third kappa shape index (κ3) is 1.86. The van der Waals surface area contributed by atoms with Crippen LogP contribution in [0.4, 0.5) is 0 Å². The lowest BCUT2D eigenvalue weighted by Crippen LogP contribution is -2.59. The van der Waals surface area contributed by atoms with Crippen LogP contribution in [0.5, 0.6) is 0 Å². The molecule has 6 aliphatic rings. The van der Waals surface area contributed by atoms with Gasteiger partial charge in [-0.25, -0.2) is 0 Å². The normalized spacial score (nSPS) is 43.7. The molecular formula is C23H36O. The van der Waals surface area contributed by atoms with Crippen molar-refractivity contribution in [3.8, 4) is 0 Å². The Morgan fingerprint density at radius 3 is 1.33 bits per heavy atom. The summed E-state index contributed by atoms with van der Waals surface area (Å²) >= 11 is 0. The number of rotatable bonds is 2. The van der Waals surface area contributed by atoms with Crippen LogP contribution in [0.2, 0.25) is 0 Å². The zero-order valence-electron chi connectivity index (χ0n) is 16.9. The summed E-state index contributed by atoms with van der Waals surface area (Å²) in [6.07, 6.45) is 7.03. The van der Waals surface area contributed by atoms with Crippen LogP contribution in [0.15, 0.2) is 23.3 Å². The molecule has 2 fully saturated rings. The van der Waals surface area contributed by atoms with E-state index in [1.165, 1.54) is 24.0 Å². The molecule has 4 bridgehead atoms. The van der Waals surface area contributed by atoms with Gasteiger partial charge >= 0.3 is 0 Å². The molecule has 6 rings (SSSR count). The van der Waals surface area contributed by atoms with Crippen molar-refractivity contribution in [2.75, 3.05) is 0 Å². The van der Waals surface area contributed by atoms with Crippen LogP contribution in [0.1, 0.15) is 68.2 Å². The maximum Gasteiger partial charge on any atom is 0.0967 e. The Kier molecular flexibility index (Phi) is 3.09. The van der Waals surface area contributed by atoms with Gasteiger partial charge in [0.2, 0.25) is 0 Å². The quantitative estimate of drug-likeness (QED) is 0.654. The highest BCUT2D eigenvalue weighted by Crippen LogP contribution is 2.69. The third-order valence-electron chi connectivity index (χ3n) is 8.85. The number of hydrogen-bond acceptors (Lipinski definition) is 1. The Balaban J connectivity index is 1.74. The van der Waals surface area contributed by atoms with Crippen molar-refractivity contribution in [3.63, 3.8) is 0 Å². The second-order valence-electron chi connectivity index (χ2n) is 11.7. The number of hydrogen-bond donors (Lipinski definition) is 1. The summed E-state index contributed by atoms with van der Waals surface area (Å²) in [5, 5.41) is 11.5. The van der Waals surface area contributed by atoms with E-state index in [2.05, 4.69) is 67.5 Å². The molecule has 2 saturated carbocycles. The van der Waals surface area contributed by atoms with Crippen molar-refractivity contribution in [1.29, 1.82) is 0 Å². The first kappa shape index (κ1) is 16.9. The van der Waals surface area contributed by atoms with E-state index in [0.29, 0.717) is 22.7 Å². The van der Waals surface area contributed by atoms with Crippen LogP contribution in [-0.2, 0) is 0 Å². The first-order chi connectivity index (χ1) is 10.8. The molecule has 0 heterocycles. The van der Waals surface area contributed by atoms with Gasteiger partial charge in [-0.1, -0.05) is 67.5 Å². The molecule has 134 valence electrons. The van der Waals surface area contributed by atoms with Crippen LogP contribution >= 0.6 is 0 Å². The van der Waals surface area contributed by atoms with Gasteiger partial charge in [0.1, 0.15) is 0 Å². The van der Waals surface area contributed by atoms with Crippen LogP contribution < -0.4 is 0 Å². The average molecular weight is 329 g/mol. The van der Waals surface area contributed by atoms with E-state index in [1.54, 1.807) is 0 Å². The zero-order chi connectivity index (χ0) is 17.9. The Labute approximate surface area is 148 Å². The summed E-state index contributed by atoms with van der Waals surface area (Å²) in [5.41, 5.74) is 3.73. The first-order valence-corrected chi connectivity index (χ1v) is 9.93. The predicted octanol–water partition coefficient (Wildman–Crippen LogP) is 5.60. The van der Waals surface area contributed by atoms with Gasteiger partial charge in [-0.2, -0.15) is 0 Å². The van der Waals surface area contributed by atoms with Crippen molar-refractivity contribution in [2.45, 2.75) is 74.3 Å². The molecule has 0 amide bonds. The van der Waals surface area contributed by atoms with Crippen molar-refractivity contribution in [2.24, 2.45) is 45.3 Å². The van der Waals surface area contributed by atoms with Gasteiger partial charge in [-0.15, -0.1) is 0 Å². The molecule has 0 aromatic rings. The molecule has 4 unspecified atom stereocenters. The fraction of sp³-hybridized carbons (Fsp3) is 0.826. The number of fused-ring (bicyclic) bond motifs is 2. The van der Waals surface area contributed by atoms with Gasteiger partial charge in [0, 0.05) is 0 Å². The molecule has 0 spiro atoms. The minimum absolute atomic E-state index is 0.205. The Hall–Kier alpha value is -0.560. The topological polar surface area (TPSA) is 20.2 Å². The van der Waals surface area contributed by atoms with E-state index < -0.39 is 0 Å². The zero-order valence-corrected chi connectivity index (χ0v) is 16.9. The van der Waals surface area contributed by atoms with E-state index >= 15 is 0 Å². The maximum absolute atomic E-state index is 11.5. The molecule has 1 N–H and O–H groups in total. The standard InChI is InChI=1S/C23H36O/c1-20(2)11-13(15-9-17(20)22(15,5)6)19(24)14-12-21(3,4)18-10-16(14)23(18,7)8/h11-12,15-19,24H,9-10H2,1-8H3. The first-order valence-electron chi connectivity index (χ1n) is 9.93. The molecule has 0 saturated heterocycles. The molecule has 0 aliphatic heterocycles. The molecule has 1 nitrogen and oxygen atoms in total. The average Bonchev–Trinajstić information content (AvgIpc) is 2.41. The van der Waals surface area contributed by atoms with E-state index in [-0.39, 0.29) is 16.9 Å². The maximum atomic E-state index is 11.5. The largest absolute Gasteiger partial charge is 0.384 e. The molecule has 6 aliphatic carbocycles. The van der Waals surface area contributed by atoms with Crippen molar-refractivity contribution < 1.29 is 5.11 Å². The molecule has 4 atom stereocenters. The molecule has 0 aromatic carbocycles. The van der Waals surface area contributed by atoms with Crippen molar-refractivity contribution in [1.82, 2.24) is 0 Å². The van der Waals surface area contributed by atoms with Gasteiger partial charge in [-0.05, 0) is 69.3 Å². The van der Waals surface area contributed by atoms with Gasteiger partial charge in [-0.3, -0.25) is 0 Å². The number of allylic oxidation sites excluding steroid dienone is 2. The summed E-state index contributed by atoms with van der Waals surface area (Å²) < 4.78 is 0. The Morgan fingerprint density at radius 2 is 1.08 bits per heavy atom. The number of aliphatic hydroxyl groups excluding tert-OH is 1. The second-order valence-corrected chi connectivity index (χ2v) is 11.7. The summed E-state index contributed by atoms with van der Waals surface area (Å²) in [6, 6.07) is 0. The summed E-state index contributed by atoms with van der Waals surface area (Å²) in [5.74, 6) is 2.64. The Bertz CT molecular complexity index is 587. The highest BCUT2D eigenvalue weighted by Gasteiger charge is 2.62. The molecule has 1 heteroatoms. The fourth-order valence-corrected chi connectivity index (χ4v) is 7.50. The van der Waals surface area contributed by atoms with Crippen LogP contribution in [0.25, 0.3) is 0 Å². The lowest BCUT2D eigenvalue weighted by Gasteiger charge is -2.66. The summed E-state index contributed by atoms with van der Waals surface area (Å²) in [4.78, 5) is 0. The lowest BCUT2D eigenvalue weighted by atomic mass is 9.39. The smallest absolute Gasteiger partial charge is 0.0967 e. The highest BCUT2D eigenvalue weighted by atomic mass is 16.3.